The van der Waals surface area contributed by atoms with Crippen LogP contribution in [0.25, 0.3) is 22.8 Å². The molecule has 0 spiro atoms. The van der Waals surface area contributed by atoms with Gasteiger partial charge in [0.1, 0.15) is 6.42 Å². The van der Waals surface area contributed by atoms with Crippen molar-refractivity contribution in [3.8, 4) is 22.8 Å². The molecule has 124 valence electrons. The van der Waals surface area contributed by atoms with E-state index in [1.54, 1.807) is 0 Å². The number of benzene rings is 2. The average molecular weight is 332 g/mol. The molecule has 0 aliphatic heterocycles. The average Bonchev–Trinajstić information content (AvgIpc) is 3.26. The van der Waals surface area contributed by atoms with Crippen molar-refractivity contribution >= 4 is 0 Å². The van der Waals surface area contributed by atoms with Crippen LogP contribution >= 0.6 is 0 Å². The smallest absolute Gasteiger partial charge is 0.247 e. The van der Waals surface area contributed by atoms with Crippen LogP contribution in [-0.4, -0.2) is 20.3 Å². The van der Waals surface area contributed by atoms with Crippen LogP contribution in [0.15, 0.2) is 57.5 Å². The third-order valence-corrected chi connectivity index (χ3v) is 3.81. The molecule has 25 heavy (non-hydrogen) atoms. The van der Waals surface area contributed by atoms with Crippen LogP contribution in [0.1, 0.15) is 22.9 Å². The largest absolute Gasteiger partial charge is 0.420 e. The SMILES string of the molecule is Cc1ccc(-c2noc(Cc3nnc(-c4cccc(C)c4)o3)n2)cc1. The first-order valence-corrected chi connectivity index (χ1v) is 7.96. The van der Waals surface area contributed by atoms with E-state index in [1.165, 1.54) is 5.56 Å². The van der Waals surface area contributed by atoms with Crippen molar-refractivity contribution in [3.63, 3.8) is 0 Å². The third kappa shape index (κ3) is 3.33. The molecule has 0 fully saturated rings. The highest BCUT2D eigenvalue weighted by Gasteiger charge is 2.14. The summed E-state index contributed by atoms with van der Waals surface area (Å²) in [6.07, 6.45) is 0.303. The van der Waals surface area contributed by atoms with Gasteiger partial charge in [0.2, 0.25) is 23.5 Å². The predicted octanol–water partition coefficient (Wildman–Crippen LogP) is 3.99. The van der Waals surface area contributed by atoms with Gasteiger partial charge in [-0.15, -0.1) is 10.2 Å². The normalized spacial score (nSPS) is 11.0. The topological polar surface area (TPSA) is 77.8 Å². The summed E-state index contributed by atoms with van der Waals surface area (Å²) in [5.74, 6) is 1.91. The summed E-state index contributed by atoms with van der Waals surface area (Å²) in [7, 11) is 0. The number of rotatable bonds is 4. The second-order valence-electron chi connectivity index (χ2n) is 5.92. The molecule has 4 rings (SSSR count). The minimum Gasteiger partial charge on any atom is -0.420 e. The summed E-state index contributed by atoms with van der Waals surface area (Å²) in [4.78, 5) is 4.40. The molecule has 0 radical (unpaired) electrons. The van der Waals surface area contributed by atoms with Gasteiger partial charge < -0.3 is 8.94 Å². The minimum atomic E-state index is 0.303. The molecule has 6 nitrogen and oxygen atoms in total. The van der Waals surface area contributed by atoms with Crippen LogP contribution < -0.4 is 0 Å². The van der Waals surface area contributed by atoms with E-state index >= 15 is 0 Å². The Hall–Kier alpha value is -3.28. The lowest BCUT2D eigenvalue weighted by Crippen LogP contribution is -1.89. The zero-order valence-corrected chi connectivity index (χ0v) is 13.9. The zero-order chi connectivity index (χ0) is 17.2. The van der Waals surface area contributed by atoms with Crippen LogP contribution in [0, 0.1) is 13.8 Å². The Morgan fingerprint density at radius 1 is 0.840 bits per heavy atom. The van der Waals surface area contributed by atoms with Crippen LogP contribution in [-0.2, 0) is 6.42 Å². The molecule has 0 unspecified atom stereocenters. The molecule has 0 bridgehead atoms. The van der Waals surface area contributed by atoms with E-state index < -0.39 is 0 Å². The van der Waals surface area contributed by atoms with Gasteiger partial charge in [0, 0.05) is 11.1 Å². The van der Waals surface area contributed by atoms with E-state index in [4.69, 9.17) is 8.94 Å². The van der Waals surface area contributed by atoms with Crippen LogP contribution in [0.3, 0.4) is 0 Å². The van der Waals surface area contributed by atoms with Crippen LogP contribution in [0.4, 0.5) is 0 Å². The Labute approximate surface area is 144 Å². The van der Waals surface area contributed by atoms with Crippen molar-refractivity contribution in [2.24, 2.45) is 0 Å². The summed E-state index contributed by atoms with van der Waals surface area (Å²) in [6, 6.07) is 15.9. The van der Waals surface area contributed by atoms with E-state index in [1.807, 2.05) is 62.4 Å². The molecular formula is C19H16N4O2. The summed E-state index contributed by atoms with van der Waals surface area (Å²) >= 11 is 0. The molecule has 0 N–H and O–H groups in total. The fraction of sp³-hybridized carbons (Fsp3) is 0.158. The van der Waals surface area contributed by atoms with Gasteiger partial charge in [0.05, 0.1) is 0 Å². The maximum absolute atomic E-state index is 5.71. The first-order valence-electron chi connectivity index (χ1n) is 7.96. The Kier molecular flexibility index (Phi) is 3.85. The minimum absolute atomic E-state index is 0.303. The Morgan fingerprint density at radius 2 is 1.68 bits per heavy atom. The van der Waals surface area contributed by atoms with Crippen LogP contribution in [0.5, 0.6) is 0 Å². The first-order chi connectivity index (χ1) is 12.2. The molecule has 2 heterocycles. The molecule has 0 atom stereocenters. The number of aryl methyl sites for hydroxylation is 2. The number of nitrogens with zero attached hydrogens (tertiary/aromatic N) is 4. The monoisotopic (exact) mass is 332 g/mol. The van der Waals surface area contributed by atoms with Gasteiger partial charge in [-0.1, -0.05) is 52.7 Å². The third-order valence-electron chi connectivity index (χ3n) is 3.81. The van der Waals surface area contributed by atoms with E-state index in [2.05, 4.69) is 20.3 Å². The summed E-state index contributed by atoms with van der Waals surface area (Å²) in [6.45, 7) is 4.05. The maximum atomic E-state index is 5.71. The Bertz CT molecular complexity index is 1000. The highest BCUT2D eigenvalue weighted by Crippen LogP contribution is 2.21. The molecule has 2 aromatic carbocycles. The maximum Gasteiger partial charge on any atom is 0.247 e. The molecule has 0 aliphatic rings. The van der Waals surface area contributed by atoms with Gasteiger partial charge in [0.15, 0.2) is 0 Å². The molecule has 6 heteroatoms. The Balaban J connectivity index is 1.52. The van der Waals surface area contributed by atoms with E-state index in [9.17, 15) is 0 Å². The van der Waals surface area contributed by atoms with Crippen molar-refractivity contribution in [3.05, 3.63) is 71.4 Å². The van der Waals surface area contributed by atoms with Crippen molar-refractivity contribution < 1.29 is 8.94 Å². The highest BCUT2D eigenvalue weighted by atomic mass is 16.5. The lowest BCUT2D eigenvalue weighted by molar-refractivity contribution is 0.374. The van der Waals surface area contributed by atoms with E-state index in [0.717, 1.165) is 16.7 Å². The van der Waals surface area contributed by atoms with Gasteiger partial charge in [0.25, 0.3) is 0 Å². The molecular weight excluding hydrogens is 316 g/mol. The van der Waals surface area contributed by atoms with Crippen molar-refractivity contribution in [1.29, 1.82) is 0 Å². The van der Waals surface area contributed by atoms with Crippen LogP contribution in [0.2, 0.25) is 0 Å². The molecule has 0 amide bonds. The highest BCUT2D eigenvalue weighted by molar-refractivity contribution is 5.55. The predicted molar refractivity (Wildman–Crippen MR) is 91.7 cm³/mol. The molecule has 0 aliphatic carbocycles. The number of hydrogen-bond acceptors (Lipinski definition) is 6. The van der Waals surface area contributed by atoms with Crippen molar-refractivity contribution in [2.75, 3.05) is 0 Å². The quantitative estimate of drug-likeness (QED) is 0.562. The van der Waals surface area contributed by atoms with E-state index in [0.29, 0.717) is 29.9 Å². The second kappa shape index (κ2) is 6.32. The van der Waals surface area contributed by atoms with Crippen molar-refractivity contribution in [1.82, 2.24) is 20.3 Å². The number of aromatic nitrogens is 4. The zero-order valence-electron chi connectivity index (χ0n) is 13.9. The summed E-state index contributed by atoms with van der Waals surface area (Å²) in [5, 5.41) is 12.2. The lowest BCUT2D eigenvalue weighted by atomic mass is 10.1. The number of hydrogen-bond donors (Lipinski definition) is 0. The van der Waals surface area contributed by atoms with Gasteiger partial charge in [-0.3, -0.25) is 0 Å². The first kappa shape index (κ1) is 15.3. The van der Waals surface area contributed by atoms with Crippen molar-refractivity contribution in [2.45, 2.75) is 20.3 Å². The van der Waals surface area contributed by atoms with Gasteiger partial charge in [-0.2, -0.15) is 4.98 Å². The van der Waals surface area contributed by atoms with Gasteiger partial charge in [-0.05, 0) is 26.0 Å². The molecule has 4 aromatic rings. The van der Waals surface area contributed by atoms with Gasteiger partial charge >= 0.3 is 0 Å². The summed E-state index contributed by atoms with van der Waals surface area (Å²) in [5.41, 5.74) is 4.12. The fourth-order valence-corrected chi connectivity index (χ4v) is 2.50. The molecule has 0 saturated heterocycles. The molecule has 2 aromatic heterocycles. The fourth-order valence-electron chi connectivity index (χ4n) is 2.50. The second-order valence-corrected chi connectivity index (χ2v) is 5.92. The standard InChI is InChI=1S/C19H16N4O2/c1-12-6-8-14(9-7-12)18-20-16(25-23-18)11-17-21-22-19(24-17)15-5-3-4-13(2)10-15/h3-10H,11H2,1-2H3. The van der Waals surface area contributed by atoms with Gasteiger partial charge in [-0.25, -0.2) is 0 Å². The molecule has 0 saturated carbocycles. The Morgan fingerprint density at radius 3 is 2.48 bits per heavy atom. The van der Waals surface area contributed by atoms with E-state index in [-0.39, 0.29) is 0 Å². The summed E-state index contributed by atoms with van der Waals surface area (Å²) < 4.78 is 11.0. The lowest BCUT2D eigenvalue weighted by Gasteiger charge is -1.95.